The SMILES string of the molecule is CCN(CC(=O)Nc1c(F)cccc1F)C(=O)c1ccc(-n2nc(C)c(Cl)c2C)cc1. The van der Waals surface area contributed by atoms with Gasteiger partial charge in [-0.15, -0.1) is 0 Å². The number of amides is 2. The molecule has 0 aliphatic rings. The minimum absolute atomic E-state index is 0.237. The van der Waals surface area contributed by atoms with Gasteiger partial charge in [0.1, 0.15) is 23.9 Å². The lowest BCUT2D eigenvalue weighted by Gasteiger charge is -2.21. The van der Waals surface area contributed by atoms with E-state index in [1.165, 1.54) is 11.0 Å². The molecule has 0 unspecified atom stereocenters. The third-order valence-electron chi connectivity index (χ3n) is 4.79. The van der Waals surface area contributed by atoms with E-state index < -0.39 is 23.2 Å². The van der Waals surface area contributed by atoms with Gasteiger partial charge in [-0.3, -0.25) is 9.59 Å². The highest BCUT2D eigenvalue weighted by molar-refractivity contribution is 6.31. The van der Waals surface area contributed by atoms with Gasteiger partial charge >= 0.3 is 0 Å². The van der Waals surface area contributed by atoms with Gasteiger partial charge in [0, 0.05) is 12.1 Å². The molecule has 0 aliphatic carbocycles. The monoisotopic (exact) mass is 446 g/mol. The zero-order valence-corrected chi connectivity index (χ0v) is 18.0. The van der Waals surface area contributed by atoms with E-state index >= 15 is 0 Å². The van der Waals surface area contributed by atoms with Gasteiger partial charge in [-0.05, 0) is 57.2 Å². The number of likely N-dealkylation sites (N-methyl/N-ethyl adjacent to an activating group) is 1. The van der Waals surface area contributed by atoms with E-state index in [2.05, 4.69) is 10.4 Å². The van der Waals surface area contributed by atoms with E-state index in [-0.39, 0.29) is 19.0 Å². The molecule has 0 bridgehead atoms. The normalized spacial score (nSPS) is 10.8. The number of aromatic nitrogens is 2. The fraction of sp³-hybridized carbons (Fsp3) is 0.227. The summed E-state index contributed by atoms with van der Waals surface area (Å²) in [5.41, 5.74) is 2.05. The van der Waals surface area contributed by atoms with E-state index in [1.54, 1.807) is 42.8 Å². The maximum Gasteiger partial charge on any atom is 0.254 e. The van der Waals surface area contributed by atoms with Gasteiger partial charge in [0.05, 0.1) is 22.1 Å². The molecular weight excluding hydrogens is 426 g/mol. The number of halogens is 3. The summed E-state index contributed by atoms with van der Waals surface area (Å²) in [6.07, 6.45) is 0. The number of aryl methyl sites for hydroxylation is 1. The van der Waals surface area contributed by atoms with Crippen LogP contribution in [0.15, 0.2) is 42.5 Å². The second-order valence-electron chi connectivity index (χ2n) is 6.91. The summed E-state index contributed by atoms with van der Waals surface area (Å²) in [6.45, 7) is 5.25. The lowest BCUT2D eigenvalue weighted by molar-refractivity contribution is -0.116. The van der Waals surface area contributed by atoms with Crippen LogP contribution in [0.4, 0.5) is 14.5 Å². The first-order valence-electron chi connectivity index (χ1n) is 9.58. The van der Waals surface area contributed by atoms with Gasteiger partial charge < -0.3 is 10.2 Å². The van der Waals surface area contributed by atoms with Crippen molar-refractivity contribution in [2.45, 2.75) is 20.8 Å². The smallest absolute Gasteiger partial charge is 0.254 e. The molecule has 0 aliphatic heterocycles. The lowest BCUT2D eigenvalue weighted by Crippen LogP contribution is -2.38. The van der Waals surface area contributed by atoms with Crippen molar-refractivity contribution < 1.29 is 18.4 Å². The number of rotatable bonds is 6. The highest BCUT2D eigenvalue weighted by atomic mass is 35.5. The topological polar surface area (TPSA) is 67.2 Å². The minimum Gasteiger partial charge on any atom is -0.330 e. The quantitative estimate of drug-likeness (QED) is 0.605. The van der Waals surface area contributed by atoms with Crippen molar-refractivity contribution in [1.82, 2.24) is 14.7 Å². The molecule has 3 aromatic rings. The molecule has 2 aromatic carbocycles. The number of hydrogen-bond donors (Lipinski definition) is 1. The predicted molar refractivity (Wildman–Crippen MR) is 115 cm³/mol. The van der Waals surface area contributed by atoms with Crippen LogP contribution in [0.3, 0.4) is 0 Å². The maximum absolute atomic E-state index is 13.7. The van der Waals surface area contributed by atoms with E-state index in [0.29, 0.717) is 16.3 Å². The first-order valence-corrected chi connectivity index (χ1v) is 9.96. The number of benzene rings is 2. The van der Waals surface area contributed by atoms with E-state index in [0.717, 1.165) is 23.5 Å². The third-order valence-corrected chi connectivity index (χ3v) is 5.34. The number of nitrogens with one attached hydrogen (secondary N) is 1. The summed E-state index contributed by atoms with van der Waals surface area (Å²) in [5.74, 6) is -2.86. The van der Waals surface area contributed by atoms with Gasteiger partial charge in [0.15, 0.2) is 0 Å². The first-order chi connectivity index (χ1) is 14.7. The van der Waals surface area contributed by atoms with Crippen LogP contribution in [0.1, 0.15) is 28.7 Å². The molecule has 1 N–H and O–H groups in total. The van der Waals surface area contributed by atoms with Crippen LogP contribution in [-0.4, -0.2) is 39.6 Å². The van der Waals surface area contributed by atoms with E-state index in [4.69, 9.17) is 11.6 Å². The minimum atomic E-state index is -0.887. The highest BCUT2D eigenvalue weighted by Crippen LogP contribution is 2.23. The molecule has 6 nitrogen and oxygen atoms in total. The van der Waals surface area contributed by atoms with Gasteiger partial charge in [0.25, 0.3) is 5.91 Å². The molecule has 0 radical (unpaired) electrons. The van der Waals surface area contributed by atoms with E-state index in [9.17, 15) is 18.4 Å². The Balaban J connectivity index is 1.73. The molecular formula is C22H21ClF2N4O2. The average molecular weight is 447 g/mol. The van der Waals surface area contributed by atoms with Crippen molar-refractivity contribution in [2.75, 3.05) is 18.4 Å². The second kappa shape index (κ2) is 9.26. The van der Waals surface area contributed by atoms with Crippen LogP contribution in [0.2, 0.25) is 5.02 Å². The summed E-state index contributed by atoms with van der Waals surface area (Å²) >= 11 is 6.19. The van der Waals surface area contributed by atoms with Crippen molar-refractivity contribution >= 4 is 29.1 Å². The fourth-order valence-corrected chi connectivity index (χ4v) is 3.22. The molecule has 31 heavy (non-hydrogen) atoms. The second-order valence-corrected chi connectivity index (χ2v) is 7.29. The van der Waals surface area contributed by atoms with Crippen molar-refractivity contribution in [1.29, 1.82) is 0 Å². The summed E-state index contributed by atoms with van der Waals surface area (Å²) in [6, 6.07) is 9.99. The maximum atomic E-state index is 13.7. The van der Waals surface area contributed by atoms with Crippen LogP contribution in [0.5, 0.6) is 0 Å². The summed E-state index contributed by atoms with van der Waals surface area (Å²) in [4.78, 5) is 26.4. The average Bonchev–Trinajstić information content (AvgIpc) is 3.01. The lowest BCUT2D eigenvalue weighted by atomic mass is 10.1. The molecule has 3 rings (SSSR count). The zero-order valence-electron chi connectivity index (χ0n) is 17.2. The number of nitrogens with zero attached hydrogens (tertiary/aromatic N) is 3. The third kappa shape index (κ3) is 4.74. The Hall–Kier alpha value is -3.26. The number of hydrogen-bond acceptors (Lipinski definition) is 3. The highest BCUT2D eigenvalue weighted by Gasteiger charge is 2.20. The summed E-state index contributed by atoms with van der Waals surface area (Å²) in [5, 5.41) is 7.14. The first kappa shape index (κ1) is 22.4. The Morgan fingerprint density at radius 1 is 1.10 bits per heavy atom. The molecule has 162 valence electrons. The van der Waals surface area contributed by atoms with Gasteiger partial charge in [-0.25, -0.2) is 13.5 Å². The molecule has 0 spiro atoms. The van der Waals surface area contributed by atoms with Crippen molar-refractivity contribution in [3.63, 3.8) is 0 Å². The van der Waals surface area contributed by atoms with Crippen LogP contribution in [0, 0.1) is 25.5 Å². The van der Waals surface area contributed by atoms with Gasteiger partial charge in [-0.2, -0.15) is 5.10 Å². The Labute approximate surface area is 183 Å². The van der Waals surface area contributed by atoms with Crippen LogP contribution in [0.25, 0.3) is 5.69 Å². The number of anilines is 1. The van der Waals surface area contributed by atoms with Crippen molar-refractivity contribution in [3.8, 4) is 5.69 Å². The molecule has 0 saturated heterocycles. The standard InChI is InChI=1S/C22H21ClF2N4O2/c1-4-28(12-19(30)26-21-17(24)6-5-7-18(21)25)22(31)15-8-10-16(11-9-15)29-14(3)20(23)13(2)27-29/h5-11H,4,12H2,1-3H3,(H,26,30). The van der Waals surface area contributed by atoms with E-state index in [1.807, 2.05) is 6.92 Å². The largest absolute Gasteiger partial charge is 0.330 e. The van der Waals surface area contributed by atoms with Crippen molar-refractivity contribution in [3.05, 3.63) is 76.1 Å². The molecule has 2 amide bonds. The molecule has 9 heteroatoms. The number of para-hydroxylation sites is 1. The molecule has 0 atom stereocenters. The Kier molecular flexibility index (Phi) is 6.70. The fourth-order valence-electron chi connectivity index (χ4n) is 3.10. The zero-order chi connectivity index (χ0) is 22.7. The van der Waals surface area contributed by atoms with Crippen LogP contribution in [-0.2, 0) is 4.79 Å². The molecule has 0 fully saturated rings. The van der Waals surface area contributed by atoms with Gasteiger partial charge in [-0.1, -0.05) is 17.7 Å². The summed E-state index contributed by atoms with van der Waals surface area (Å²) < 4.78 is 29.2. The molecule has 1 heterocycles. The predicted octanol–water partition coefficient (Wildman–Crippen LogP) is 4.52. The number of carbonyl (C=O) groups excluding carboxylic acids is 2. The molecule has 1 aromatic heterocycles. The van der Waals surface area contributed by atoms with Crippen LogP contribution >= 0.6 is 11.6 Å². The Morgan fingerprint density at radius 2 is 1.71 bits per heavy atom. The molecule has 0 saturated carbocycles. The van der Waals surface area contributed by atoms with Gasteiger partial charge in [0.2, 0.25) is 5.91 Å². The van der Waals surface area contributed by atoms with Crippen molar-refractivity contribution in [2.24, 2.45) is 0 Å². The van der Waals surface area contributed by atoms with Crippen LogP contribution < -0.4 is 5.32 Å². The number of carbonyl (C=O) groups is 2. The Bertz CT molecular complexity index is 1110. The summed E-state index contributed by atoms with van der Waals surface area (Å²) in [7, 11) is 0. The Morgan fingerprint density at radius 3 is 2.23 bits per heavy atom.